The van der Waals surface area contributed by atoms with Crippen LogP contribution < -0.4 is 11.5 Å². The zero-order chi connectivity index (χ0) is 11.4. The molecule has 0 aliphatic carbocycles. The van der Waals surface area contributed by atoms with Gasteiger partial charge >= 0.3 is 0 Å². The molecule has 0 bridgehead atoms. The molecule has 2 unspecified atom stereocenters. The molecular weight excluding hydrogens is 220 g/mol. The van der Waals surface area contributed by atoms with Gasteiger partial charge in [0.1, 0.15) is 17.6 Å². The van der Waals surface area contributed by atoms with Crippen LogP contribution in [0.3, 0.4) is 0 Å². The Bertz CT molecular complexity index is 336. The number of hydrogen-bond donors (Lipinski definition) is 4. The molecule has 0 saturated carbocycles. The van der Waals surface area contributed by atoms with Crippen molar-refractivity contribution in [2.24, 2.45) is 5.73 Å². The first-order chi connectivity index (χ1) is 7.06. The summed E-state index contributed by atoms with van der Waals surface area (Å²) in [5.41, 5.74) is 10.7. The van der Waals surface area contributed by atoms with Crippen molar-refractivity contribution in [3.05, 3.63) is 17.0 Å². The molecule has 15 heavy (non-hydrogen) atoms. The molecule has 1 aromatic rings. The zero-order valence-electron chi connectivity index (χ0n) is 7.97. The van der Waals surface area contributed by atoms with Crippen molar-refractivity contribution in [3.63, 3.8) is 0 Å². The third-order valence-electron chi connectivity index (χ3n) is 1.88. The van der Waals surface area contributed by atoms with Crippen LogP contribution in [0.1, 0.15) is 18.2 Å². The fourth-order valence-corrected chi connectivity index (χ4v) is 1.36. The number of nitrogen functional groups attached to an aromatic ring is 1. The second kappa shape index (κ2) is 5.22. The Balaban J connectivity index is 2.86. The van der Waals surface area contributed by atoms with Crippen LogP contribution in [-0.2, 0) is 0 Å². The number of halogens is 1. The molecule has 0 spiro atoms. The topological polar surface area (TPSA) is 118 Å². The van der Waals surface area contributed by atoms with Crippen LogP contribution in [0.5, 0.6) is 0 Å². The predicted octanol–water partition coefficient (Wildman–Crippen LogP) is -0.545. The highest BCUT2D eigenvalue weighted by Gasteiger charge is 2.22. The van der Waals surface area contributed by atoms with Gasteiger partial charge in [-0.15, -0.1) is 0 Å². The second-order valence-corrected chi connectivity index (χ2v) is 3.42. The van der Waals surface area contributed by atoms with Crippen molar-refractivity contribution in [2.75, 3.05) is 12.3 Å². The average Bonchev–Trinajstić information content (AvgIpc) is 2.17. The second-order valence-electron chi connectivity index (χ2n) is 3.06. The van der Waals surface area contributed by atoms with E-state index in [0.717, 1.165) is 0 Å². The summed E-state index contributed by atoms with van der Waals surface area (Å²) in [5.74, 6) is 0.157. The van der Waals surface area contributed by atoms with Crippen molar-refractivity contribution >= 4 is 17.4 Å². The maximum absolute atomic E-state index is 9.66. The zero-order valence-corrected chi connectivity index (χ0v) is 8.72. The Hall–Kier alpha value is -0.950. The van der Waals surface area contributed by atoms with Gasteiger partial charge in [0, 0.05) is 0 Å². The smallest absolute Gasteiger partial charge is 0.155 e. The van der Waals surface area contributed by atoms with Crippen molar-refractivity contribution in [1.82, 2.24) is 9.97 Å². The van der Waals surface area contributed by atoms with Crippen molar-refractivity contribution in [2.45, 2.75) is 18.6 Å². The molecule has 0 radical (unpaired) electrons. The summed E-state index contributed by atoms with van der Waals surface area (Å²) in [6, 6.07) is 0. The van der Waals surface area contributed by atoms with Crippen molar-refractivity contribution < 1.29 is 10.2 Å². The number of hydrogen-bond acceptors (Lipinski definition) is 6. The highest BCUT2D eigenvalue weighted by molar-refractivity contribution is 6.30. The summed E-state index contributed by atoms with van der Waals surface area (Å²) in [6.45, 7) is 0.262. The molecule has 6 nitrogen and oxygen atoms in total. The maximum atomic E-state index is 9.66. The lowest BCUT2D eigenvalue weighted by atomic mass is 10.1. The standard InChI is InChI=1S/C8H13ClN4O2/c9-8-6(12-3-5(11)13-8)7(15)4(14)1-2-10/h3-4,7,14-15H,1-2,10H2,(H2,11,13). The van der Waals surface area contributed by atoms with Crippen LogP contribution in [0.25, 0.3) is 0 Å². The molecule has 0 aliphatic rings. The first kappa shape index (κ1) is 12.1. The highest BCUT2D eigenvalue weighted by atomic mass is 35.5. The fraction of sp³-hybridized carbons (Fsp3) is 0.500. The molecular formula is C8H13ClN4O2. The summed E-state index contributed by atoms with van der Waals surface area (Å²) in [5, 5.41) is 19.1. The minimum absolute atomic E-state index is 0.0152. The lowest BCUT2D eigenvalue weighted by molar-refractivity contribution is 0.0124. The number of nitrogens with two attached hydrogens (primary N) is 2. The van der Waals surface area contributed by atoms with Crippen molar-refractivity contribution in [1.29, 1.82) is 0 Å². The number of nitrogens with zero attached hydrogens (tertiary/aromatic N) is 2. The Morgan fingerprint density at radius 3 is 2.67 bits per heavy atom. The Morgan fingerprint density at radius 1 is 1.47 bits per heavy atom. The average molecular weight is 233 g/mol. The van der Waals surface area contributed by atoms with E-state index in [2.05, 4.69) is 9.97 Å². The van der Waals surface area contributed by atoms with Gasteiger partial charge in [0.15, 0.2) is 5.15 Å². The fourth-order valence-electron chi connectivity index (χ4n) is 1.10. The van der Waals surface area contributed by atoms with E-state index < -0.39 is 12.2 Å². The molecule has 1 heterocycles. The van der Waals surface area contributed by atoms with Gasteiger partial charge in [-0.1, -0.05) is 11.6 Å². The third kappa shape index (κ3) is 3.00. The minimum Gasteiger partial charge on any atom is -0.390 e. The number of aliphatic hydroxyl groups excluding tert-OH is 2. The van der Waals surface area contributed by atoms with Gasteiger partial charge in [-0.05, 0) is 13.0 Å². The lowest BCUT2D eigenvalue weighted by Gasteiger charge is -2.16. The quantitative estimate of drug-likeness (QED) is 0.554. The molecule has 84 valence electrons. The highest BCUT2D eigenvalue weighted by Crippen LogP contribution is 2.23. The Morgan fingerprint density at radius 2 is 2.13 bits per heavy atom. The van der Waals surface area contributed by atoms with Crippen LogP contribution in [0.2, 0.25) is 5.15 Å². The predicted molar refractivity (Wildman–Crippen MR) is 56.1 cm³/mol. The SMILES string of the molecule is NCCC(O)C(O)c1ncc(N)nc1Cl. The normalized spacial score (nSPS) is 14.9. The van der Waals surface area contributed by atoms with Gasteiger partial charge in [-0.2, -0.15) is 0 Å². The van der Waals surface area contributed by atoms with Gasteiger partial charge in [0.05, 0.1) is 12.3 Å². The largest absolute Gasteiger partial charge is 0.390 e. The van der Waals surface area contributed by atoms with Crippen LogP contribution in [-0.4, -0.2) is 32.8 Å². The molecule has 0 aromatic carbocycles. The Labute approximate surface area is 91.9 Å². The van der Waals surface area contributed by atoms with E-state index in [-0.39, 0.29) is 29.6 Å². The van der Waals surface area contributed by atoms with E-state index in [9.17, 15) is 10.2 Å². The molecule has 0 saturated heterocycles. The van der Waals surface area contributed by atoms with Crippen LogP contribution in [0.15, 0.2) is 6.20 Å². The minimum atomic E-state index is -1.20. The molecule has 1 aromatic heterocycles. The van der Waals surface area contributed by atoms with Gasteiger partial charge < -0.3 is 21.7 Å². The monoisotopic (exact) mass is 232 g/mol. The maximum Gasteiger partial charge on any atom is 0.155 e. The lowest BCUT2D eigenvalue weighted by Crippen LogP contribution is -2.23. The molecule has 0 fully saturated rings. The molecule has 0 amide bonds. The summed E-state index contributed by atoms with van der Waals surface area (Å²) < 4.78 is 0. The van der Waals surface area contributed by atoms with Crippen molar-refractivity contribution in [3.8, 4) is 0 Å². The first-order valence-corrected chi connectivity index (χ1v) is 4.78. The molecule has 7 heteroatoms. The summed E-state index contributed by atoms with van der Waals surface area (Å²) in [6.07, 6.45) is -0.692. The van der Waals surface area contributed by atoms with Crippen LogP contribution in [0, 0.1) is 0 Å². The number of rotatable bonds is 4. The molecule has 6 N–H and O–H groups in total. The van der Waals surface area contributed by atoms with Gasteiger partial charge in [0.2, 0.25) is 0 Å². The summed E-state index contributed by atoms with van der Waals surface area (Å²) in [4.78, 5) is 7.53. The van der Waals surface area contributed by atoms with Crippen LogP contribution >= 0.6 is 11.6 Å². The number of anilines is 1. The molecule has 2 atom stereocenters. The van der Waals surface area contributed by atoms with E-state index in [1.165, 1.54) is 6.20 Å². The summed E-state index contributed by atoms with van der Waals surface area (Å²) in [7, 11) is 0. The Kier molecular flexibility index (Phi) is 4.22. The van der Waals surface area contributed by atoms with E-state index in [1.807, 2.05) is 0 Å². The number of aromatic nitrogens is 2. The van der Waals surface area contributed by atoms with Gasteiger partial charge in [-0.25, -0.2) is 4.98 Å². The molecule has 0 aliphatic heterocycles. The molecule has 1 rings (SSSR count). The van der Waals surface area contributed by atoms with E-state index in [1.54, 1.807) is 0 Å². The number of aliphatic hydroxyl groups is 2. The van der Waals surface area contributed by atoms with E-state index >= 15 is 0 Å². The summed E-state index contributed by atoms with van der Waals surface area (Å²) >= 11 is 5.71. The first-order valence-electron chi connectivity index (χ1n) is 4.40. The van der Waals surface area contributed by atoms with E-state index in [4.69, 9.17) is 23.1 Å². The van der Waals surface area contributed by atoms with Gasteiger partial charge in [-0.3, -0.25) is 4.98 Å². The van der Waals surface area contributed by atoms with Crippen LogP contribution in [0.4, 0.5) is 5.82 Å². The van der Waals surface area contributed by atoms with Gasteiger partial charge in [0.25, 0.3) is 0 Å². The van der Waals surface area contributed by atoms with E-state index in [0.29, 0.717) is 0 Å². The third-order valence-corrected chi connectivity index (χ3v) is 2.16.